The molecule has 0 fully saturated rings. The van der Waals surface area contributed by atoms with Gasteiger partial charge in [-0.25, -0.2) is 4.39 Å². The van der Waals surface area contributed by atoms with E-state index in [1.54, 1.807) is 6.92 Å². The number of benzene rings is 1. The first-order chi connectivity index (χ1) is 9.47. The highest BCUT2D eigenvalue weighted by molar-refractivity contribution is 5.96. The predicted octanol–water partition coefficient (Wildman–Crippen LogP) is 1.08. The van der Waals surface area contributed by atoms with E-state index in [1.807, 2.05) is 0 Å². The minimum atomic E-state index is -1.07. The summed E-state index contributed by atoms with van der Waals surface area (Å²) in [6.45, 7) is 1.63. The van der Waals surface area contributed by atoms with Crippen molar-refractivity contribution in [2.24, 2.45) is 5.73 Å². The number of halogens is 1. The van der Waals surface area contributed by atoms with Crippen molar-refractivity contribution in [3.05, 3.63) is 53.2 Å². The third kappa shape index (κ3) is 3.00. The molecule has 3 N–H and O–H groups in total. The number of nitrogens with two attached hydrogens (primary N) is 1. The van der Waals surface area contributed by atoms with Gasteiger partial charge in [0.2, 0.25) is 5.91 Å². The standard InChI is InChI=1S/C13H12FN3O3/c1-7-6-10(17-20-7)13(19)16-11(12(15)18)8-2-4-9(14)5-3-8/h2-6,11H,1H3,(H2,15,18)(H,16,19)/t11-/m1/s1. The van der Waals surface area contributed by atoms with E-state index in [1.165, 1.54) is 30.3 Å². The molecule has 0 spiro atoms. The molecule has 7 heteroatoms. The minimum absolute atomic E-state index is 0.0378. The maximum absolute atomic E-state index is 12.9. The fourth-order valence-corrected chi connectivity index (χ4v) is 1.65. The number of hydrogen-bond donors (Lipinski definition) is 2. The molecule has 2 rings (SSSR count). The number of amides is 2. The van der Waals surface area contributed by atoms with E-state index in [0.717, 1.165) is 0 Å². The molecule has 1 aromatic heterocycles. The molecule has 0 aliphatic rings. The molecule has 0 aliphatic carbocycles. The summed E-state index contributed by atoms with van der Waals surface area (Å²) in [7, 11) is 0. The van der Waals surface area contributed by atoms with Gasteiger partial charge in [-0.15, -0.1) is 0 Å². The van der Waals surface area contributed by atoms with E-state index in [2.05, 4.69) is 10.5 Å². The highest BCUT2D eigenvalue weighted by atomic mass is 19.1. The van der Waals surface area contributed by atoms with Gasteiger partial charge < -0.3 is 15.6 Å². The Morgan fingerprint density at radius 2 is 2.00 bits per heavy atom. The molecular weight excluding hydrogens is 265 g/mol. The van der Waals surface area contributed by atoms with Gasteiger partial charge in [0.1, 0.15) is 17.6 Å². The summed E-state index contributed by atoms with van der Waals surface area (Å²) >= 11 is 0. The molecule has 0 saturated carbocycles. The molecule has 0 aliphatic heterocycles. The molecule has 104 valence electrons. The second-order valence-corrected chi connectivity index (χ2v) is 4.18. The zero-order chi connectivity index (χ0) is 14.7. The number of aromatic nitrogens is 1. The van der Waals surface area contributed by atoms with Crippen LogP contribution in [0.3, 0.4) is 0 Å². The van der Waals surface area contributed by atoms with E-state index in [9.17, 15) is 14.0 Å². The molecule has 2 aromatic rings. The van der Waals surface area contributed by atoms with Crippen molar-refractivity contribution in [3.8, 4) is 0 Å². The number of primary amides is 1. The van der Waals surface area contributed by atoms with Crippen molar-refractivity contribution < 1.29 is 18.5 Å². The molecular formula is C13H12FN3O3. The molecule has 1 atom stereocenters. The number of nitrogens with zero attached hydrogens (tertiary/aromatic N) is 1. The topological polar surface area (TPSA) is 98.2 Å². The van der Waals surface area contributed by atoms with Crippen molar-refractivity contribution in [3.63, 3.8) is 0 Å². The monoisotopic (exact) mass is 277 g/mol. The Kier molecular flexibility index (Phi) is 3.79. The number of nitrogens with one attached hydrogen (secondary N) is 1. The van der Waals surface area contributed by atoms with Crippen LogP contribution in [0, 0.1) is 12.7 Å². The first kappa shape index (κ1) is 13.7. The van der Waals surface area contributed by atoms with Gasteiger partial charge in [0.15, 0.2) is 5.69 Å². The van der Waals surface area contributed by atoms with Crippen LogP contribution in [0.5, 0.6) is 0 Å². The molecule has 2 amide bonds. The van der Waals surface area contributed by atoms with Crippen LogP contribution in [0.1, 0.15) is 27.9 Å². The molecule has 1 heterocycles. The van der Waals surface area contributed by atoms with Crippen molar-refractivity contribution >= 4 is 11.8 Å². The Morgan fingerprint density at radius 1 is 1.35 bits per heavy atom. The van der Waals surface area contributed by atoms with E-state index in [-0.39, 0.29) is 5.69 Å². The number of carbonyl (C=O) groups is 2. The van der Waals surface area contributed by atoms with Gasteiger partial charge in [-0.3, -0.25) is 9.59 Å². The molecule has 0 saturated heterocycles. The lowest BCUT2D eigenvalue weighted by atomic mass is 10.1. The maximum Gasteiger partial charge on any atom is 0.274 e. The number of carbonyl (C=O) groups excluding carboxylic acids is 2. The van der Waals surface area contributed by atoms with Gasteiger partial charge in [-0.1, -0.05) is 17.3 Å². The Labute approximate surface area is 113 Å². The van der Waals surface area contributed by atoms with E-state index >= 15 is 0 Å². The molecule has 0 bridgehead atoms. The highest BCUT2D eigenvalue weighted by Crippen LogP contribution is 2.14. The number of hydrogen-bond acceptors (Lipinski definition) is 4. The van der Waals surface area contributed by atoms with Crippen LogP contribution < -0.4 is 11.1 Å². The molecule has 20 heavy (non-hydrogen) atoms. The Bertz CT molecular complexity index is 637. The van der Waals surface area contributed by atoms with Crippen molar-refractivity contribution in [2.45, 2.75) is 13.0 Å². The maximum atomic E-state index is 12.9. The summed E-state index contributed by atoms with van der Waals surface area (Å²) in [4.78, 5) is 23.3. The van der Waals surface area contributed by atoms with Crippen LogP contribution in [0.15, 0.2) is 34.9 Å². The van der Waals surface area contributed by atoms with Crippen LogP contribution >= 0.6 is 0 Å². The van der Waals surface area contributed by atoms with Crippen LogP contribution in [0.4, 0.5) is 4.39 Å². The average molecular weight is 277 g/mol. The first-order valence-corrected chi connectivity index (χ1v) is 5.76. The molecule has 6 nitrogen and oxygen atoms in total. The van der Waals surface area contributed by atoms with Gasteiger partial charge in [0.25, 0.3) is 5.91 Å². The van der Waals surface area contributed by atoms with E-state index in [4.69, 9.17) is 10.3 Å². The van der Waals surface area contributed by atoms with Crippen LogP contribution in [0.2, 0.25) is 0 Å². The van der Waals surface area contributed by atoms with E-state index in [0.29, 0.717) is 11.3 Å². The quantitative estimate of drug-likeness (QED) is 0.873. The summed E-state index contributed by atoms with van der Waals surface area (Å²) in [5, 5.41) is 5.96. The summed E-state index contributed by atoms with van der Waals surface area (Å²) in [5.74, 6) is -1.34. The van der Waals surface area contributed by atoms with Crippen molar-refractivity contribution in [2.75, 3.05) is 0 Å². The fraction of sp³-hybridized carbons (Fsp3) is 0.154. The van der Waals surface area contributed by atoms with Crippen LogP contribution in [-0.2, 0) is 4.79 Å². The third-order valence-electron chi connectivity index (χ3n) is 2.62. The Morgan fingerprint density at radius 3 is 2.50 bits per heavy atom. The molecule has 0 radical (unpaired) electrons. The lowest BCUT2D eigenvalue weighted by Crippen LogP contribution is -2.37. The van der Waals surface area contributed by atoms with Gasteiger partial charge in [0.05, 0.1) is 0 Å². The lowest BCUT2D eigenvalue weighted by Gasteiger charge is -2.14. The van der Waals surface area contributed by atoms with Gasteiger partial charge in [0, 0.05) is 6.07 Å². The van der Waals surface area contributed by atoms with Crippen molar-refractivity contribution in [1.82, 2.24) is 10.5 Å². The first-order valence-electron chi connectivity index (χ1n) is 5.76. The highest BCUT2D eigenvalue weighted by Gasteiger charge is 2.22. The SMILES string of the molecule is Cc1cc(C(=O)N[C@@H](C(N)=O)c2ccc(F)cc2)no1. The summed E-state index contributed by atoms with van der Waals surface area (Å²) in [6, 6.07) is 5.46. The minimum Gasteiger partial charge on any atom is -0.368 e. The summed E-state index contributed by atoms with van der Waals surface area (Å²) in [6.07, 6.45) is 0. The average Bonchev–Trinajstić information content (AvgIpc) is 2.83. The number of aryl methyl sites for hydroxylation is 1. The molecule has 0 unspecified atom stereocenters. The normalized spacial score (nSPS) is 11.9. The van der Waals surface area contributed by atoms with Gasteiger partial charge in [-0.2, -0.15) is 0 Å². The van der Waals surface area contributed by atoms with Crippen LogP contribution in [0.25, 0.3) is 0 Å². The number of rotatable bonds is 4. The summed E-state index contributed by atoms with van der Waals surface area (Å²) in [5.41, 5.74) is 5.67. The second kappa shape index (κ2) is 5.52. The van der Waals surface area contributed by atoms with E-state index < -0.39 is 23.7 Å². The lowest BCUT2D eigenvalue weighted by molar-refractivity contribution is -0.120. The van der Waals surface area contributed by atoms with Gasteiger partial charge >= 0.3 is 0 Å². The predicted molar refractivity (Wildman–Crippen MR) is 67.0 cm³/mol. The smallest absolute Gasteiger partial charge is 0.274 e. The van der Waals surface area contributed by atoms with Crippen LogP contribution in [-0.4, -0.2) is 17.0 Å². The fourth-order valence-electron chi connectivity index (χ4n) is 1.65. The van der Waals surface area contributed by atoms with Gasteiger partial charge in [-0.05, 0) is 24.6 Å². The summed E-state index contributed by atoms with van der Waals surface area (Å²) < 4.78 is 17.6. The zero-order valence-corrected chi connectivity index (χ0v) is 10.6. The Hall–Kier alpha value is -2.70. The zero-order valence-electron chi connectivity index (χ0n) is 10.6. The third-order valence-corrected chi connectivity index (χ3v) is 2.62. The largest absolute Gasteiger partial charge is 0.368 e. The molecule has 1 aromatic carbocycles. The van der Waals surface area contributed by atoms with Crippen molar-refractivity contribution in [1.29, 1.82) is 0 Å². The Balaban J connectivity index is 2.20. The second-order valence-electron chi connectivity index (χ2n) is 4.18.